The van der Waals surface area contributed by atoms with Crippen molar-refractivity contribution in [2.45, 2.75) is 55.5 Å². The molecular formula is C23H24ClNO5S. The lowest BCUT2D eigenvalue weighted by Crippen LogP contribution is -2.41. The van der Waals surface area contributed by atoms with Gasteiger partial charge in [0.15, 0.2) is 5.58 Å². The van der Waals surface area contributed by atoms with Gasteiger partial charge < -0.3 is 14.1 Å². The summed E-state index contributed by atoms with van der Waals surface area (Å²) in [6.07, 6.45) is 0.0733. The van der Waals surface area contributed by atoms with E-state index in [-0.39, 0.29) is 20.9 Å². The van der Waals surface area contributed by atoms with E-state index in [1.807, 2.05) is 27.7 Å². The van der Waals surface area contributed by atoms with E-state index in [0.29, 0.717) is 29.7 Å². The van der Waals surface area contributed by atoms with E-state index in [4.69, 9.17) is 20.8 Å². The van der Waals surface area contributed by atoms with Crippen LogP contribution in [-0.2, 0) is 21.0 Å². The number of sulfone groups is 1. The summed E-state index contributed by atoms with van der Waals surface area (Å²) in [6.45, 7) is 7.77. The molecule has 2 aromatic carbocycles. The summed E-state index contributed by atoms with van der Waals surface area (Å²) in [7, 11) is -3.76. The van der Waals surface area contributed by atoms with Crippen molar-refractivity contribution < 1.29 is 22.4 Å². The van der Waals surface area contributed by atoms with Crippen LogP contribution < -0.4 is 0 Å². The van der Waals surface area contributed by atoms with Crippen LogP contribution in [0.25, 0.3) is 11.0 Å². The number of halogens is 1. The molecule has 0 N–H and O–H groups in total. The number of rotatable bonds is 2. The van der Waals surface area contributed by atoms with Gasteiger partial charge in [0.25, 0.3) is 0 Å². The molecule has 1 aromatic heterocycles. The van der Waals surface area contributed by atoms with E-state index in [9.17, 15) is 13.2 Å². The van der Waals surface area contributed by atoms with Gasteiger partial charge in [-0.1, -0.05) is 29.8 Å². The maximum atomic E-state index is 13.2. The van der Waals surface area contributed by atoms with E-state index in [1.54, 1.807) is 41.3 Å². The highest BCUT2D eigenvalue weighted by molar-refractivity contribution is 7.91. The summed E-state index contributed by atoms with van der Waals surface area (Å²) in [5.41, 5.74) is 0.575. The Balaban J connectivity index is 1.82. The topological polar surface area (TPSA) is 76.8 Å². The van der Waals surface area contributed by atoms with Crippen molar-refractivity contribution in [3.05, 3.63) is 58.8 Å². The van der Waals surface area contributed by atoms with Crippen LogP contribution in [0.1, 0.15) is 45.1 Å². The van der Waals surface area contributed by atoms with Crippen LogP contribution in [0.2, 0.25) is 5.02 Å². The zero-order valence-corrected chi connectivity index (χ0v) is 19.4. The zero-order chi connectivity index (χ0) is 22.6. The van der Waals surface area contributed by atoms with Crippen LogP contribution in [-0.4, -0.2) is 31.6 Å². The molecule has 0 fully saturated rings. The monoisotopic (exact) mass is 461 g/mol. The summed E-state index contributed by atoms with van der Waals surface area (Å²) in [6, 6.07) is 10.8. The Bertz CT molecular complexity index is 1260. The van der Waals surface area contributed by atoms with E-state index in [2.05, 4.69) is 0 Å². The van der Waals surface area contributed by atoms with Crippen LogP contribution in [0, 0.1) is 0 Å². The summed E-state index contributed by atoms with van der Waals surface area (Å²) in [4.78, 5) is 14.6. The highest BCUT2D eigenvalue weighted by Gasteiger charge is 2.35. The number of furan rings is 1. The van der Waals surface area contributed by atoms with Gasteiger partial charge >= 0.3 is 6.09 Å². The van der Waals surface area contributed by atoms with Crippen LogP contribution in [0.15, 0.2) is 56.7 Å². The fraction of sp³-hybridized carbons (Fsp3) is 0.348. The van der Waals surface area contributed by atoms with Crippen molar-refractivity contribution in [3.63, 3.8) is 0 Å². The molecule has 2 heterocycles. The minimum atomic E-state index is -3.76. The van der Waals surface area contributed by atoms with E-state index in [0.717, 1.165) is 5.56 Å². The molecular weight excluding hydrogens is 438 g/mol. The second-order valence-corrected chi connectivity index (χ2v) is 11.0. The molecule has 164 valence electrons. The Hall–Kier alpha value is -2.51. The summed E-state index contributed by atoms with van der Waals surface area (Å²) in [5, 5.41) is 0.815. The fourth-order valence-electron chi connectivity index (χ4n) is 3.88. The largest absolute Gasteiger partial charge is 0.459 e. The quantitative estimate of drug-likeness (QED) is 0.484. The number of amides is 1. The minimum Gasteiger partial charge on any atom is -0.459 e. The van der Waals surface area contributed by atoms with Gasteiger partial charge in [0.05, 0.1) is 20.9 Å². The van der Waals surface area contributed by atoms with E-state index >= 15 is 0 Å². The number of carbonyl (C=O) groups excluding carboxylic acids is 1. The summed E-state index contributed by atoms with van der Waals surface area (Å²) >= 11 is 6.45. The molecule has 1 atom stereocenters. The van der Waals surface area contributed by atoms with Crippen molar-refractivity contribution >= 4 is 38.5 Å². The number of hydrogen-bond acceptors (Lipinski definition) is 5. The standard InChI is InChI=1S/C23H24ClNO5S/c1-14-20-17-12-16(31(27,28)15-8-6-5-7-9-15)13-18(24)21(17)29-19(20)10-11-25(14)22(26)30-23(2,3)4/h5-9,12-14H,10-11H2,1-4H3. The van der Waals surface area contributed by atoms with Gasteiger partial charge in [0, 0.05) is 23.9 Å². The molecule has 3 aromatic rings. The molecule has 0 saturated heterocycles. The van der Waals surface area contributed by atoms with Crippen LogP contribution >= 0.6 is 11.6 Å². The number of benzene rings is 2. The first-order valence-corrected chi connectivity index (χ1v) is 11.9. The number of nitrogens with zero attached hydrogens (tertiary/aromatic N) is 1. The second kappa shape index (κ2) is 7.57. The summed E-state index contributed by atoms with van der Waals surface area (Å²) in [5.74, 6) is 0.707. The third-order valence-electron chi connectivity index (χ3n) is 5.29. The van der Waals surface area contributed by atoms with E-state index < -0.39 is 21.5 Å². The molecule has 1 aliphatic heterocycles. The average Bonchev–Trinajstić information content (AvgIpc) is 3.07. The fourth-order valence-corrected chi connectivity index (χ4v) is 5.53. The Morgan fingerprint density at radius 1 is 1.16 bits per heavy atom. The molecule has 1 aliphatic rings. The Morgan fingerprint density at radius 2 is 1.84 bits per heavy atom. The normalized spacial score (nSPS) is 16.9. The lowest BCUT2D eigenvalue weighted by Gasteiger charge is -2.34. The number of hydrogen-bond donors (Lipinski definition) is 0. The zero-order valence-electron chi connectivity index (χ0n) is 17.8. The van der Waals surface area contributed by atoms with Crippen molar-refractivity contribution in [1.29, 1.82) is 0 Å². The Kier molecular flexibility index (Phi) is 5.30. The lowest BCUT2D eigenvalue weighted by atomic mass is 9.97. The molecule has 31 heavy (non-hydrogen) atoms. The van der Waals surface area contributed by atoms with Gasteiger partial charge in [-0.05, 0) is 52.0 Å². The molecule has 8 heteroatoms. The van der Waals surface area contributed by atoms with Crippen molar-refractivity contribution in [2.24, 2.45) is 0 Å². The van der Waals surface area contributed by atoms with E-state index in [1.165, 1.54) is 6.07 Å². The maximum absolute atomic E-state index is 13.2. The predicted molar refractivity (Wildman–Crippen MR) is 118 cm³/mol. The molecule has 6 nitrogen and oxygen atoms in total. The first-order valence-electron chi connectivity index (χ1n) is 10.0. The molecule has 0 spiro atoms. The molecule has 1 unspecified atom stereocenters. The average molecular weight is 462 g/mol. The number of carbonyl (C=O) groups is 1. The lowest BCUT2D eigenvalue weighted by molar-refractivity contribution is 0.0155. The minimum absolute atomic E-state index is 0.0846. The third kappa shape index (κ3) is 3.92. The Morgan fingerprint density at radius 3 is 2.48 bits per heavy atom. The van der Waals surface area contributed by atoms with Gasteiger partial charge in [0.1, 0.15) is 11.4 Å². The third-order valence-corrected chi connectivity index (χ3v) is 7.32. The Labute approximate surface area is 186 Å². The molecule has 0 bridgehead atoms. The van der Waals surface area contributed by atoms with Crippen molar-refractivity contribution in [2.75, 3.05) is 6.54 Å². The van der Waals surface area contributed by atoms with Crippen LogP contribution in [0.5, 0.6) is 0 Å². The van der Waals surface area contributed by atoms with Crippen LogP contribution in [0.4, 0.5) is 4.79 Å². The number of fused-ring (bicyclic) bond motifs is 3. The molecule has 0 aliphatic carbocycles. The number of ether oxygens (including phenoxy) is 1. The molecule has 0 radical (unpaired) electrons. The molecule has 4 rings (SSSR count). The first kappa shape index (κ1) is 21.7. The van der Waals surface area contributed by atoms with Crippen molar-refractivity contribution in [3.8, 4) is 0 Å². The van der Waals surface area contributed by atoms with Gasteiger partial charge in [-0.25, -0.2) is 13.2 Å². The van der Waals surface area contributed by atoms with Gasteiger partial charge in [-0.15, -0.1) is 0 Å². The SMILES string of the molecule is CC1c2c(oc3c(Cl)cc(S(=O)(=O)c4ccccc4)cc23)CCN1C(=O)OC(C)(C)C. The first-order chi connectivity index (χ1) is 14.5. The van der Waals surface area contributed by atoms with Crippen LogP contribution in [0.3, 0.4) is 0 Å². The smallest absolute Gasteiger partial charge is 0.410 e. The van der Waals surface area contributed by atoms with Gasteiger partial charge in [-0.3, -0.25) is 0 Å². The molecule has 0 saturated carbocycles. The van der Waals surface area contributed by atoms with Gasteiger partial charge in [-0.2, -0.15) is 0 Å². The predicted octanol–water partition coefficient (Wildman–Crippen LogP) is 5.77. The highest BCUT2D eigenvalue weighted by Crippen LogP contribution is 2.42. The van der Waals surface area contributed by atoms with Crippen molar-refractivity contribution in [1.82, 2.24) is 4.90 Å². The molecule has 1 amide bonds. The van der Waals surface area contributed by atoms with Gasteiger partial charge in [0.2, 0.25) is 9.84 Å². The summed E-state index contributed by atoms with van der Waals surface area (Å²) < 4.78 is 37.8. The highest BCUT2D eigenvalue weighted by atomic mass is 35.5. The second-order valence-electron chi connectivity index (χ2n) is 8.64. The maximum Gasteiger partial charge on any atom is 0.410 e.